The molecule has 1 aliphatic heterocycles. The maximum atomic E-state index is 12.4. The van der Waals surface area contributed by atoms with Crippen molar-refractivity contribution in [2.24, 2.45) is 11.3 Å². The van der Waals surface area contributed by atoms with Crippen molar-refractivity contribution >= 4 is 22.8 Å². The van der Waals surface area contributed by atoms with Crippen LogP contribution in [0.4, 0.5) is 5.69 Å². The molecular formula is C35H43NO3. The Hall–Kier alpha value is -3.37. The van der Waals surface area contributed by atoms with Gasteiger partial charge in [0.2, 0.25) is 0 Å². The van der Waals surface area contributed by atoms with E-state index in [-0.39, 0.29) is 5.97 Å². The molecule has 4 heteroatoms. The number of rotatable bonds is 8. The summed E-state index contributed by atoms with van der Waals surface area (Å²) in [6, 6.07) is 27.5. The summed E-state index contributed by atoms with van der Waals surface area (Å²) in [5.41, 5.74) is 6.72. The van der Waals surface area contributed by atoms with Crippen molar-refractivity contribution in [3.63, 3.8) is 0 Å². The average Bonchev–Trinajstić information content (AvgIpc) is 2.96. The van der Waals surface area contributed by atoms with E-state index in [4.69, 9.17) is 9.47 Å². The minimum Gasteiger partial charge on any atom is -0.426 e. The van der Waals surface area contributed by atoms with Gasteiger partial charge in [0.15, 0.2) is 0 Å². The first-order chi connectivity index (χ1) is 18.7. The van der Waals surface area contributed by atoms with Gasteiger partial charge in [-0.05, 0) is 105 Å². The van der Waals surface area contributed by atoms with Crippen LogP contribution >= 0.6 is 0 Å². The Bertz CT molecular complexity index is 1250. The largest absolute Gasteiger partial charge is 0.426 e. The summed E-state index contributed by atoms with van der Waals surface area (Å²) in [5, 5.41) is 0. The molecule has 1 aliphatic rings. The molecule has 4 rings (SSSR count). The van der Waals surface area contributed by atoms with Crippen molar-refractivity contribution < 1.29 is 14.3 Å². The Kier molecular flexibility index (Phi) is 9.29. The average molecular weight is 526 g/mol. The molecule has 4 nitrogen and oxygen atoms in total. The quantitative estimate of drug-likeness (QED) is 0.169. The number of anilines is 1. The van der Waals surface area contributed by atoms with Gasteiger partial charge >= 0.3 is 5.97 Å². The zero-order chi connectivity index (χ0) is 28.0. The molecule has 0 aromatic heterocycles. The van der Waals surface area contributed by atoms with Crippen LogP contribution in [0.3, 0.4) is 0 Å². The summed E-state index contributed by atoms with van der Waals surface area (Å²) in [6.07, 6.45) is 3.52. The van der Waals surface area contributed by atoms with Crippen LogP contribution in [0.5, 0.6) is 5.75 Å². The number of methoxy groups -OCH3 is 1. The number of nitrogens with zero attached hydrogens (tertiary/aromatic N) is 1. The van der Waals surface area contributed by atoms with Crippen LogP contribution in [0, 0.1) is 11.3 Å². The van der Waals surface area contributed by atoms with Gasteiger partial charge in [0.05, 0.1) is 11.5 Å². The first-order valence-corrected chi connectivity index (χ1v) is 14.2. The molecule has 0 N–H and O–H groups in total. The Morgan fingerprint density at radius 3 is 1.95 bits per heavy atom. The number of ether oxygens (including phenoxy) is 2. The highest BCUT2D eigenvalue weighted by molar-refractivity contribution is 5.98. The van der Waals surface area contributed by atoms with Gasteiger partial charge in [0.1, 0.15) is 5.75 Å². The fourth-order valence-corrected chi connectivity index (χ4v) is 5.29. The van der Waals surface area contributed by atoms with Gasteiger partial charge in [-0.3, -0.25) is 4.79 Å². The highest BCUT2D eigenvalue weighted by Crippen LogP contribution is 2.36. The first-order valence-electron chi connectivity index (χ1n) is 14.2. The topological polar surface area (TPSA) is 38.8 Å². The number of allylic oxidation sites excluding steroid dienone is 1. The molecule has 206 valence electrons. The molecule has 0 amide bonds. The maximum Gasteiger partial charge on any atom is 0.316 e. The van der Waals surface area contributed by atoms with Gasteiger partial charge in [-0.1, -0.05) is 61.5 Å². The van der Waals surface area contributed by atoms with Gasteiger partial charge in [-0.25, -0.2) is 0 Å². The molecular weight excluding hydrogens is 482 g/mol. The predicted molar refractivity (Wildman–Crippen MR) is 162 cm³/mol. The van der Waals surface area contributed by atoms with Gasteiger partial charge in [-0.2, -0.15) is 0 Å². The number of carbonyl (C=O) groups is 1. The molecule has 39 heavy (non-hydrogen) atoms. The predicted octanol–water partition coefficient (Wildman–Crippen LogP) is 8.26. The fraction of sp³-hybridized carbons (Fsp3) is 0.400. The number of hydrogen-bond acceptors (Lipinski definition) is 4. The summed E-state index contributed by atoms with van der Waals surface area (Å²) >= 11 is 0. The number of piperidine rings is 1. The number of carbonyl (C=O) groups excluding carboxylic acids is 1. The minimum absolute atomic E-state index is 0.235. The number of esters is 1. The lowest BCUT2D eigenvalue weighted by Gasteiger charge is -2.35. The SMILES string of the molecule is CC/C(=C(\c1ccc(OC(=O)C(C)(C)C)cc1)c1ccc(N2CCC(C(C)OC)CC2)cc1)c1ccccc1. The summed E-state index contributed by atoms with van der Waals surface area (Å²) in [6.45, 7) is 12.1. The van der Waals surface area contributed by atoms with Gasteiger partial charge < -0.3 is 14.4 Å². The lowest BCUT2D eigenvalue weighted by Crippen LogP contribution is -2.37. The van der Waals surface area contributed by atoms with E-state index in [1.807, 2.05) is 40.0 Å². The molecule has 3 aromatic carbocycles. The molecule has 0 saturated carbocycles. The van der Waals surface area contributed by atoms with Crippen molar-refractivity contribution in [3.8, 4) is 5.75 Å². The maximum absolute atomic E-state index is 12.4. The van der Waals surface area contributed by atoms with Crippen LogP contribution in [0.25, 0.3) is 11.1 Å². The lowest BCUT2D eigenvalue weighted by molar-refractivity contribution is -0.143. The first kappa shape index (κ1) is 28.6. The van der Waals surface area contributed by atoms with Crippen molar-refractivity contribution in [1.29, 1.82) is 0 Å². The fourth-order valence-electron chi connectivity index (χ4n) is 5.29. The summed E-state index contributed by atoms with van der Waals surface area (Å²) in [5.74, 6) is 0.960. The molecule has 0 spiro atoms. The Balaban J connectivity index is 1.65. The monoisotopic (exact) mass is 525 g/mol. The van der Waals surface area contributed by atoms with E-state index in [0.717, 1.165) is 37.9 Å². The summed E-state index contributed by atoms with van der Waals surface area (Å²) in [4.78, 5) is 14.9. The molecule has 1 heterocycles. The van der Waals surface area contributed by atoms with E-state index in [9.17, 15) is 4.79 Å². The normalized spacial score (nSPS) is 16.0. The molecule has 0 radical (unpaired) electrons. The van der Waals surface area contributed by atoms with E-state index in [0.29, 0.717) is 17.8 Å². The second-order valence-corrected chi connectivity index (χ2v) is 11.5. The molecule has 0 bridgehead atoms. The third kappa shape index (κ3) is 6.99. The van der Waals surface area contributed by atoms with Crippen molar-refractivity contribution in [3.05, 3.63) is 95.6 Å². The lowest BCUT2D eigenvalue weighted by atomic mass is 9.88. The highest BCUT2D eigenvalue weighted by Gasteiger charge is 2.25. The van der Waals surface area contributed by atoms with Crippen molar-refractivity contribution in [1.82, 2.24) is 0 Å². The summed E-state index contributed by atoms with van der Waals surface area (Å²) < 4.78 is 11.2. The van der Waals surface area contributed by atoms with E-state index >= 15 is 0 Å². The van der Waals surface area contributed by atoms with Crippen LogP contribution < -0.4 is 9.64 Å². The van der Waals surface area contributed by atoms with Gasteiger partial charge in [-0.15, -0.1) is 0 Å². The number of benzene rings is 3. The second kappa shape index (κ2) is 12.7. The van der Waals surface area contributed by atoms with Crippen LogP contribution in [0.2, 0.25) is 0 Å². The molecule has 1 fully saturated rings. The highest BCUT2D eigenvalue weighted by atomic mass is 16.5. The van der Waals surface area contributed by atoms with Gasteiger partial charge in [0.25, 0.3) is 0 Å². The Morgan fingerprint density at radius 1 is 0.872 bits per heavy atom. The van der Waals surface area contributed by atoms with Crippen molar-refractivity contribution in [2.45, 2.75) is 60.0 Å². The van der Waals surface area contributed by atoms with Gasteiger partial charge in [0, 0.05) is 25.9 Å². The van der Waals surface area contributed by atoms with Crippen LogP contribution in [-0.2, 0) is 9.53 Å². The van der Waals surface area contributed by atoms with Crippen LogP contribution in [0.1, 0.15) is 70.6 Å². The second-order valence-electron chi connectivity index (χ2n) is 11.5. The smallest absolute Gasteiger partial charge is 0.316 e. The molecule has 3 aromatic rings. The zero-order valence-corrected chi connectivity index (χ0v) is 24.4. The van der Waals surface area contributed by atoms with E-state index in [1.54, 1.807) is 0 Å². The van der Waals surface area contributed by atoms with E-state index < -0.39 is 5.41 Å². The minimum atomic E-state index is -0.550. The standard InChI is InChI=1S/C35H43NO3/c1-7-32(27-11-9-8-10-12-27)33(29-15-19-31(20-16-29)39-34(37)35(3,4)5)28-13-17-30(18-14-28)36-23-21-26(22-24-36)25(2)38-6/h8-20,25-26H,7,21-24H2,1-6H3/b33-32+. The van der Waals surface area contributed by atoms with Crippen LogP contribution in [-0.4, -0.2) is 32.3 Å². The molecule has 1 atom stereocenters. The van der Waals surface area contributed by atoms with Crippen molar-refractivity contribution in [2.75, 3.05) is 25.1 Å². The van der Waals surface area contributed by atoms with E-state index in [1.165, 1.54) is 28.0 Å². The molecule has 1 saturated heterocycles. The molecule has 1 unspecified atom stereocenters. The third-order valence-electron chi connectivity index (χ3n) is 7.84. The third-order valence-corrected chi connectivity index (χ3v) is 7.84. The summed E-state index contributed by atoms with van der Waals surface area (Å²) in [7, 11) is 1.81. The Morgan fingerprint density at radius 2 is 1.44 bits per heavy atom. The van der Waals surface area contributed by atoms with Crippen LogP contribution in [0.15, 0.2) is 78.9 Å². The van der Waals surface area contributed by atoms with E-state index in [2.05, 4.69) is 85.5 Å². The Labute approximate surface area is 234 Å². The number of hydrogen-bond donors (Lipinski definition) is 0. The molecule has 0 aliphatic carbocycles. The zero-order valence-electron chi connectivity index (χ0n) is 24.4.